The fraction of sp³-hybridized carbons (Fsp3) is 0.500. The van der Waals surface area contributed by atoms with Crippen LogP contribution in [-0.2, 0) is 21.5 Å². The molecule has 0 N–H and O–H groups in total. The van der Waals surface area contributed by atoms with Crippen LogP contribution in [0.5, 0.6) is 0 Å². The van der Waals surface area contributed by atoms with Gasteiger partial charge in [-0.15, -0.1) is 10.2 Å². The lowest BCUT2D eigenvalue weighted by Crippen LogP contribution is -2.55. The molecular weight excluding hydrogens is 469 g/mol. The van der Waals surface area contributed by atoms with Gasteiger partial charge in [0.25, 0.3) is 0 Å². The summed E-state index contributed by atoms with van der Waals surface area (Å²) in [6, 6.07) is 16.4. The van der Waals surface area contributed by atoms with E-state index < -0.39 is 5.41 Å². The standard InChI is InChI=1S/C30H34FN3O3/c31-24-12-8-11-23(18-24)30(14-6-1-2-7-15-30)29(35)36-26-17-22-19-34(16-13-25(22)26)20-27-32-33-28(37-27)21-9-4-3-5-10-21/h3-5,8-12,18,22,25-26H,1-2,6-7,13-17,19-20H2/t22?,25?,26-/m0/s1. The first-order valence-electron chi connectivity index (χ1n) is 13.7. The number of ether oxygens (including phenoxy) is 1. The highest BCUT2D eigenvalue weighted by Gasteiger charge is 2.50. The fourth-order valence-electron chi connectivity index (χ4n) is 6.61. The van der Waals surface area contributed by atoms with Crippen molar-refractivity contribution in [2.45, 2.75) is 69.4 Å². The maximum Gasteiger partial charge on any atom is 0.316 e. The molecule has 1 aromatic heterocycles. The number of hydrogen-bond donors (Lipinski definition) is 0. The molecule has 2 heterocycles. The summed E-state index contributed by atoms with van der Waals surface area (Å²) in [5.41, 5.74) is 0.978. The minimum absolute atomic E-state index is 0.0403. The lowest BCUT2D eigenvalue weighted by Gasteiger charge is -2.50. The van der Waals surface area contributed by atoms with Crippen molar-refractivity contribution in [3.05, 3.63) is 71.9 Å². The van der Waals surface area contributed by atoms with Crippen molar-refractivity contribution >= 4 is 5.97 Å². The molecule has 0 amide bonds. The summed E-state index contributed by atoms with van der Waals surface area (Å²) in [6.07, 6.45) is 7.46. The van der Waals surface area contributed by atoms with Gasteiger partial charge in [0.1, 0.15) is 11.9 Å². The molecule has 6 rings (SSSR count). The molecule has 0 radical (unpaired) electrons. The van der Waals surface area contributed by atoms with Gasteiger partial charge in [-0.25, -0.2) is 4.39 Å². The summed E-state index contributed by atoms with van der Waals surface area (Å²) in [7, 11) is 0. The number of piperidine rings is 1. The van der Waals surface area contributed by atoms with Crippen molar-refractivity contribution in [3.63, 3.8) is 0 Å². The first-order chi connectivity index (χ1) is 18.1. The molecule has 0 spiro atoms. The Hall–Kier alpha value is -3.06. The molecular formula is C30H34FN3O3. The van der Waals surface area contributed by atoms with E-state index in [4.69, 9.17) is 9.15 Å². The van der Waals surface area contributed by atoms with Gasteiger partial charge in [0.15, 0.2) is 0 Å². The van der Waals surface area contributed by atoms with Gasteiger partial charge >= 0.3 is 5.97 Å². The van der Waals surface area contributed by atoms with Crippen LogP contribution in [0.3, 0.4) is 0 Å². The van der Waals surface area contributed by atoms with Crippen molar-refractivity contribution in [1.82, 2.24) is 15.1 Å². The number of fused-ring (bicyclic) bond motifs is 1. The molecule has 1 saturated heterocycles. The van der Waals surface area contributed by atoms with Gasteiger partial charge in [0, 0.05) is 18.0 Å². The molecule has 2 unspecified atom stereocenters. The Morgan fingerprint density at radius 2 is 1.86 bits per heavy atom. The summed E-state index contributed by atoms with van der Waals surface area (Å²) in [5.74, 6) is 1.63. The number of benzene rings is 2. The van der Waals surface area contributed by atoms with Crippen LogP contribution >= 0.6 is 0 Å². The topological polar surface area (TPSA) is 68.5 Å². The molecule has 6 nitrogen and oxygen atoms in total. The Morgan fingerprint density at radius 1 is 1.05 bits per heavy atom. The number of hydrogen-bond acceptors (Lipinski definition) is 6. The van der Waals surface area contributed by atoms with E-state index in [1.807, 2.05) is 36.4 Å². The van der Waals surface area contributed by atoms with Gasteiger partial charge < -0.3 is 9.15 Å². The zero-order chi connectivity index (χ0) is 25.2. The van der Waals surface area contributed by atoms with Crippen LogP contribution in [-0.4, -0.2) is 40.3 Å². The Bertz CT molecular complexity index is 1220. The third-order valence-corrected chi connectivity index (χ3v) is 8.72. The Labute approximate surface area is 217 Å². The van der Waals surface area contributed by atoms with Gasteiger partial charge in [-0.3, -0.25) is 9.69 Å². The highest BCUT2D eigenvalue weighted by Crippen LogP contribution is 2.46. The summed E-state index contributed by atoms with van der Waals surface area (Å²) in [6.45, 7) is 2.49. The Balaban J connectivity index is 1.07. The highest BCUT2D eigenvalue weighted by atomic mass is 19.1. The monoisotopic (exact) mass is 503 g/mol. The van der Waals surface area contributed by atoms with Gasteiger partial charge in [-0.1, -0.05) is 56.0 Å². The van der Waals surface area contributed by atoms with E-state index in [1.54, 1.807) is 6.07 Å². The average Bonchev–Trinajstić information content (AvgIpc) is 3.22. The fourth-order valence-corrected chi connectivity index (χ4v) is 6.61. The molecule has 3 aromatic rings. The highest BCUT2D eigenvalue weighted by molar-refractivity contribution is 5.83. The molecule has 194 valence electrons. The number of rotatable bonds is 6. The number of halogens is 1. The number of nitrogens with zero attached hydrogens (tertiary/aromatic N) is 3. The zero-order valence-corrected chi connectivity index (χ0v) is 21.2. The minimum atomic E-state index is -0.723. The van der Waals surface area contributed by atoms with Crippen molar-refractivity contribution in [2.24, 2.45) is 11.8 Å². The van der Waals surface area contributed by atoms with Crippen LogP contribution in [0, 0.1) is 17.7 Å². The number of aromatic nitrogens is 2. The lowest BCUT2D eigenvalue weighted by molar-refractivity contribution is -0.176. The molecule has 2 aromatic carbocycles. The Kier molecular flexibility index (Phi) is 6.80. The van der Waals surface area contributed by atoms with E-state index in [0.717, 1.165) is 75.6 Å². The summed E-state index contributed by atoms with van der Waals surface area (Å²) in [4.78, 5) is 16.1. The number of esters is 1. The maximum absolute atomic E-state index is 14.1. The second-order valence-electron chi connectivity index (χ2n) is 11.0. The predicted molar refractivity (Wildman–Crippen MR) is 137 cm³/mol. The quantitative estimate of drug-likeness (QED) is 0.307. The summed E-state index contributed by atoms with van der Waals surface area (Å²) < 4.78 is 26.3. The smallest absolute Gasteiger partial charge is 0.316 e. The first kappa shape index (κ1) is 24.3. The normalized spacial score (nSPS) is 25.5. The van der Waals surface area contributed by atoms with Crippen LogP contribution in [0.25, 0.3) is 11.5 Å². The second kappa shape index (κ2) is 10.4. The van der Waals surface area contributed by atoms with E-state index in [2.05, 4.69) is 15.1 Å². The number of likely N-dealkylation sites (tertiary alicyclic amines) is 1. The van der Waals surface area contributed by atoms with Gasteiger partial charge in [-0.2, -0.15) is 0 Å². The number of carbonyl (C=O) groups is 1. The Morgan fingerprint density at radius 3 is 2.62 bits per heavy atom. The third-order valence-electron chi connectivity index (χ3n) is 8.72. The van der Waals surface area contributed by atoms with E-state index in [-0.39, 0.29) is 17.9 Å². The molecule has 3 atom stereocenters. The van der Waals surface area contributed by atoms with Crippen molar-refractivity contribution in [1.29, 1.82) is 0 Å². The molecule has 0 bridgehead atoms. The predicted octanol–water partition coefficient (Wildman–Crippen LogP) is 5.92. The molecule has 3 fully saturated rings. The SMILES string of the molecule is O=C(O[C@H]1CC2CN(Cc3nnc(-c4ccccc4)o3)CCC21)C1(c2cccc(F)c2)CCCCCC1. The van der Waals surface area contributed by atoms with Crippen LogP contribution in [0.4, 0.5) is 4.39 Å². The van der Waals surface area contributed by atoms with Gasteiger partial charge in [0.2, 0.25) is 11.8 Å². The number of carbonyl (C=O) groups excluding carboxylic acids is 1. The molecule has 37 heavy (non-hydrogen) atoms. The van der Waals surface area contributed by atoms with Gasteiger partial charge in [-0.05, 0) is 68.0 Å². The van der Waals surface area contributed by atoms with Crippen molar-refractivity contribution < 1.29 is 18.3 Å². The van der Waals surface area contributed by atoms with Crippen molar-refractivity contribution in [3.8, 4) is 11.5 Å². The van der Waals surface area contributed by atoms with E-state index in [9.17, 15) is 9.18 Å². The second-order valence-corrected chi connectivity index (χ2v) is 11.0. The van der Waals surface area contributed by atoms with Crippen LogP contribution < -0.4 is 0 Å². The van der Waals surface area contributed by atoms with Crippen molar-refractivity contribution in [2.75, 3.05) is 13.1 Å². The summed E-state index contributed by atoms with van der Waals surface area (Å²) >= 11 is 0. The first-order valence-corrected chi connectivity index (χ1v) is 13.7. The van der Waals surface area contributed by atoms with Crippen LogP contribution in [0.1, 0.15) is 62.8 Å². The molecule has 1 aliphatic heterocycles. The molecule has 3 aliphatic rings. The maximum atomic E-state index is 14.1. The minimum Gasteiger partial charge on any atom is -0.461 e. The van der Waals surface area contributed by atoms with E-state index in [1.165, 1.54) is 12.1 Å². The molecule has 2 saturated carbocycles. The lowest BCUT2D eigenvalue weighted by atomic mass is 9.66. The van der Waals surface area contributed by atoms with Crippen LogP contribution in [0.2, 0.25) is 0 Å². The third kappa shape index (κ3) is 4.93. The average molecular weight is 504 g/mol. The summed E-state index contributed by atoms with van der Waals surface area (Å²) in [5, 5.41) is 8.46. The van der Waals surface area contributed by atoms with E-state index in [0.29, 0.717) is 30.2 Å². The molecule has 7 heteroatoms. The largest absolute Gasteiger partial charge is 0.461 e. The van der Waals surface area contributed by atoms with Gasteiger partial charge in [0.05, 0.1) is 12.0 Å². The van der Waals surface area contributed by atoms with Crippen LogP contribution in [0.15, 0.2) is 59.0 Å². The molecule has 2 aliphatic carbocycles. The zero-order valence-electron chi connectivity index (χ0n) is 21.2. The van der Waals surface area contributed by atoms with E-state index >= 15 is 0 Å².